The van der Waals surface area contributed by atoms with Crippen molar-refractivity contribution in [3.05, 3.63) is 68.0 Å². The molecule has 1 N–H and O–H groups in total. The van der Waals surface area contributed by atoms with E-state index in [2.05, 4.69) is 39.4 Å². The van der Waals surface area contributed by atoms with Gasteiger partial charge in [0.25, 0.3) is 0 Å². The molecule has 3 aromatic heterocycles. The van der Waals surface area contributed by atoms with E-state index in [-0.39, 0.29) is 17.8 Å². The smallest absolute Gasteiger partial charge is 0.211 e. The third-order valence-electron chi connectivity index (χ3n) is 4.37. The summed E-state index contributed by atoms with van der Waals surface area (Å²) in [7, 11) is 0. The Bertz CT molecular complexity index is 1130. The van der Waals surface area contributed by atoms with Crippen LogP contribution in [0.4, 0.5) is 15.3 Å². The third-order valence-corrected chi connectivity index (χ3v) is 7.17. The Morgan fingerprint density at radius 2 is 2.03 bits per heavy atom. The molecule has 10 heteroatoms. The average Bonchev–Trinajstić information content (AvgIpc) is 3.40. The predicted molar refractivity (Wildman–Crippen MR) is 115 cm³/mol. The summed E-state index contributed by atoms with van der Waals surface area (Å²) >= 11 is 9.18. The lowest BCUT2D eigenvalue weighted by Gasteiger charge is -2.17. The Morgan fingerprint density at radius 3 is 2.76 bits per heavy atom. The fourth-order valence-corrected chi connectivity index (χ4v) is 4.79. The minimum absolute atomic E-state index is 0.241. The summed E-state index contributed by atoms with van der Waals surface area (Å²) in [5, 5.41) is 21.1. The molecule has 3 heterocycles. The zero-order valence-electron chi connectivity index (χ0n) is 16.0. The van der Waals surface area contributed by atoms with Crippen molar-refractivity contribution >= 4 is 45.2 Å². The van der Waals surface area contributed by atoms with Crippen LogP contribution in [0.25, 0.3) is 0 Å². The van der Waals surface area contributed by atoms with Gasteiger partial charge in [-0.15, -0.1) is 21.5 Å². The SMILES string of the molecule is Cc1csc(C(C)(C)c2nnc(Nc3ccn(Cc4c(F)cccc4Cl)n3)s2)n1. The lowest BCUT2D eigenvalue weighted by Crippen LogP contribution is -2.18. The van der Waals surface area contributed by atoms with Gasteiger partial charge in [0.15, 0.2) is 5.82 Å². The highest BCUT2D eigenvalue weighted by Crippen LogP contribution is 2.36. The van der Waals surface area contributed by atoms with Crippen LogP contribution in [0.15, 0.2) is 35.8 Å². The first-order valence-electron chi connectivity index (χ1n) is 8.83. The molecule has 150 valence electrons. The summed E-state index contributed by atoms with van der Waals surface area (Å²) in [6, 6.07) is 6.43. The van der Waals surface area contributed by atoms with Crippen LogP contribution in [0.5, 0.6) is 0 Å². The second-order valence-electron chi connectivity index (χ2n) is 7.06. The third kappa shape index (κ3) is 4.17. The molecule has 0 amide bonds. The summed E-state index contributed by atoms with van der Waals surface area (Å²) in [6.45, 7) is 6.39. The van der Waals surface area contributed by atoms with Crippen molar-refractivity contribution in [2.24, 2.45) is 0 Å². The van der Waals surface area contributed by atoms with E-state index in [0.29, 0.717) is 21.5 Å². The van der Waals surface area contributed by atoms with Crippen molar-refractivity contribution in [3.63, 3.8) is 0 Å². The molecule has 0 fully saturated rings. The molecule has 0 saturated heterocycles. The number of aromatic nitrogens is 5. The van der Waals surface area contributed by atoms with E-state index in [4.69, 9.17) is 11.6 Å². The highest BCUT2D eigenvalue weighted by Gasteiger charge is 2.30. The molecule has 4 aromatic rings. The fraction of sp³-hybridized carbons (Fsp3) is 0.263. The summed E-state index contributed by atoms with van der Waals surface area (Å²) in [5.41, 5.74) is 1.08. The molecule has 0 unspecified atom stereocenters. The molecular formula is C19H18ClFN6S2. The van der Waals surface area contributed by atoms with Crippen LogP contribution in [0.1, 0.15) is 35.1 Å². The summed E-state index contributed by atoms with van der Waals surface area (Å²) < 4.78 is 15.6. The predicted octanol–water partition coefficient (Wildman–Crippen LogP) is 5.41. The van der Waals surface area contributed by atoms with Crippen molar-refractivity contribution in [1.82, 2.24) is 25.0 Å². The average molecular weight is 449 g/mol. The molecule has 0 aliphatic rings. The summed E-state index contributed by atoms with van der Waals surface area (Å²) in [6.07, 6.45) is 1.76. The van der Waals surface area contributed by atoms with Gasteiger partial charge >= 0.3 is 0 Å². The summed E-state index contributed by atoms with van der Waals surface area (Å²) in [4.78, 5) is 4.59. The topological polar surface area (TPSA) is 68.5 Å². The number of rotatable bonds is 6. The molecule has 0 bridgehead atoms. The van der Waals surface area contributed by atoms with Crippen molar-refractivity contribution < 1.29 is 4.39 Å². The fourth-order valence-electron chi connectivity index (χ4n) is 2.73. The molecule has 0 saturated carbocycles. The maximum Gasteiger partial charge on any atom is 0.211 e. The maximum atomic E-state index is 14.0. The van der Waals surface area contributed by atoms with Crippen LogP contribution in [-0.2, 0) is 12.0 Å². The van der Waals surface area contributed by atoms with Gasteiger partial charge in [-0.3, -0.25) is 4.68 Å². The number of aryl methyl sites for hydroxylation is 1. The number of hydrogen-bond acceptors (Lipinski definition) is 7. The van der Waals surface area contributed by atoms with Crippen LogP contribution in [0.3, 0.4) is 0 Å². The number of hydrogen-bond donors (Lipinski definition) is 1. The first-order chi connectivity index (χ1) is 13.8. The van der Waals surface area contributed by atoms with Gasteiger partial charge in [-0.2, -0.15) is 5.10 Å². The number of nitrogens with zero attached hydrogens (tertiary/aromatic N) is 5. The van der Waals surface area contributed by atoms with E-state index in [9.17, 15) is 4.39 Å². The molecule has 0 atom stereocenters. The van der Waals surface area contributed by atoms with Crippen molar-refractivity contribution in [2.45, 2.75) is 32.7 Å². The highest BCUT2D eigenvalue weighted by molar-refractivity contribution is 7.15. The first-order valence-corrected chi connectivity index (χ1v) is 10.9. The van der Waals surface area contributed by atoms with E-state index in [1.165, 1.54) is 17.4 Å². The second kappa shape index (κ2) is 7.81. The van der Waals surface area contributed by atoms with E-state index in [1.807, 2.05) is 12.3 Å². The molecule has 0 spiro atoms. The lowest BCUT2D eigenvalue weighted by molar-refractivity contribution is 0.586. The second-order valence-corrected chi connectivity index (χ2v) is 9.30. The normalized spacial score (nSPS) is 11.8. The number of anilines is 2. The van der Waals surface area contributed by atoms with Gasteiger partial charge < -0.3 is 5.32 Å². The Morgan fingerprint density at radius 1 is 1.21 bits per heavy atom. The molecule has 0 aliphatic carbocycles. The minimum atomic E-state index is -0.351. The standard InChI is InChI=1S/C19H18ClFN6S2/c1-11-10-28-16(22-11)19(2,3)17-24-25-18(29-17)23-15-7-8-27(26-15)9-12-13(20)5-4-6-14(12)21/h4-8,10H,9H2,1-3H3,(H,23,25,26). The van der Waals surface area contributed by atoms with E-state index in [1.54, 1.807) is 40.4 Å². The number of thiazole rings is 1. The van der Waals surface area contributed by atoms with Crippen molar-refractivity contribution in [3.8, 4) is 0 Å². The van der Waals surface area contributed by atoms with Gasteiger partial charge in [-0.25, -0.2) is 9.37 Å². The Balaban J connectivity index is 1.49. The number of benzene rings is 1. The van der Waals surface area contributed by atoms with Gasteiger partial charge in [0.05, 0.1) is 12.0 Å². The van der Waals surface area contributed by atoms with Crippen LogP contribution in [0, 0.1) is 12.7 Å². The first kappa shape index (κ1) is 19.9. The highest BCUT2D eigenvalue weighted by atomic mass is 35.5. The van der Waals surface area contributed by atoms with Gasteiger partial charge in [-0.1, -0.05) is 29.0 Å². The van der Waals surface area contributed by atoms with Gasteiger partial charge in [0.1, 0.15) is 15.8 Å². The number of halogens is 2. The van der Waals surface area contributed by atoms with Gasteiger partial charge in [0, 0.05) is 33.9 Å². The Kier molecular flexibility index (Phi) is 5.37. The molecule has 29 heavy (non-hydrogen) atoms. The van der Waals surface area contributed by atoms with Crippen LogP contribution < -0.4 is 5.32 Å². The Hall–Kier alpha value is -2.36. The summed E-state index contributed by atoms with van der Waals surface area (Å²) in [5.74, 6) is 0.249. The zero-order chi connectivity index (χ0) is 20.6. The number of nitrogens with one attached hydrogen (secondary N) is 1. The van der Waals surface area contributed by atoms with Crippen molar-refractivity contribution in [2.75, 3.05) is 5.32 Å². The van der Waals surface area contributed by atoms with E-state index in [0.717, 1.165) is 15.7 Å². The maximum absolute atomic E-state index is 14.0. The molecule has 4 rings (SSSR count). The van der Waals surface area contributed by atoms with Crippen molar-refractivity contribution in [1.29, 1.82) is 0 Å². The quantitative estimate of drug-likeness (QED) is 0.427. The molecule has 1 aromatic carbocycles. The van der Waals surface area contributed by atoms with E-state index >= 15 is 0 Å². The molecule has 6 nitrogen and oxygen atoms in total. The monoisotopic (exact) mass is 448 g/mol. The zero-order valence-corrected chi connectivity index (χ0v) is 18.4. The van der Waals surface area contributed by atoms with Crippen LogP contribution in [0.2, 0.25) is 5.02 Å². The van der Waals surface area contributed by atoms with Gasteiger partial charge in [0.2, 0.25) is 5.13 Å². The molecule has 0 radical (unpaired) electrons. The largest absolute Gasteiger partial charge is 0.313 e. The minimum Gasteiger partial charge on any atom is -0.313 e. The van der Waals surface area contributed by atoms with Gasteiger partial charge in [-0.05, 0) is 32.9 Å². The van der Waals surface area contributed by atoms with Crippen LogP contribution in [-0.4, -0.2) is 25.0 Å². The Labute approximate surface area is 180 Å². The van der Waals surface area contributed by atoms with E-state index < -0.39 is 0 Å². The molecule has 0 aliphatic heterocycles. The van der Waals surface area contributed by atoms with Crippen LogP contribution >= 0.6 is 34.3 Å². The lowest BCUT2D eigenvalue weighted by atomic mass is 9.96. The molecular weight excluding hydrogens is 431 g/mol.